The standard InChI is InChI=1S/C14H19N3O2S/c1-18-9-8-15-7-6-13-16-17-14(20-13)11-4-3-5-12(10-11)19-2/h3-5,10,15H,6-9H2,1-2H3. The Bertz CT molecular complexity index is 531. The molecule has 0 bridgehead atoms. The second kappa shape index (κ2) is 7.94. The lowest BCUT2D eigenvalue weighted by atomic mass is 10.2. The summed E-state index contributed by atoms with van der Waals surface area (Å²) in [6.45, 7) is 2.47. The van der Waals surface area contributed by atoms with Crippen molar-refractivity contribution in [3.05, 3.63) is 29.3 Å². The Balaban J connectivity index is 1.91. The second-order valence-electron chi connectivity index (χ2n) is 4.23. The van der Waals surface area contributed by atoms with Crippen LogP contribution in [-0.4, -0.2) is 44.1 Å². The molecule has 0 saturated heterocycles. The van der Waals surface area contributed by atoms with E-state index in [2.05, 4.69) is 15.5 Å². The summed E-state index contributed by atoms with van der Waals surface area (Å²) in [5.74, 6) is 0.834. The maximum Gasteiger partial charge on any atom is 0.147 e. The van der Waals surface area contributed by atoms with Crippen LogP contribution in [0.2, 0.25) is 0 Å². The van der Waals surface area contributed by atoms with Gasteiger partial charge in [-0.05, 0) is 12.1 Å². The maximum absolute atomic E-state index is 5.22. The number of ether oxygens (including phenoxy) is 2. The van der Waals surface area contributed by atoms with Gasteiger partial charge in [0.05, 0.1) is 13.7 Å². The van der Waals surface area contributed by atoms with Gasteiger partial charge in [0, 0.05) is 32.2 Å². The molecule has 0 aliphatic heterocycles. The van der Waals surface area contributed by atoms with Crippen LogP contribution in [0.25, 0.3) is 10.6 Å². The van der Waals surface area contributed by atoms with E-state index in [1.165, 1.54) is 0 Å². The number of aromatic nitrogens is 2. The van der Waals surface area contributed by atoms with Gasteiger partial charge in [0.15, 0.2) is 0 Å². The fraction of sp³-hybridized carbons (Fsp3) is 0.429. The summed E-state index contributed by atoms with van der Waals surface area (Å²) in [5.41, 5.74) is 1.04. The maximum atomic E-state index is 5.22. The summed E-state index contributed by atoms with van der Waals surface area (Å²) >= 11 is 1.62. The molecular formula is C14H19N3O2S. The molecule has 0 atom stereocenters. The fourth-order valence-electron chi connectivity index (χ4n) is 1.72. The van der Waals surface area contributed by atoms with E-state index < -0.39 is 0 Å². The van der Waals surface area contributed by atoms with Gasteiger partial charge in [0.1, 0.15) is 15.8 Å². The Labute approximate surface area is 123 Å². The summed E-state index contributed by atoms with van der Waals surface area (Å²) in [6.07, 6.45) is 0.880. The normalized spacial score (nSPS) is 10.7. The van der Waals surface area contributed by atoms with Gasteiger partial charge in [-0.3, -0.25) is 0 Å². The van der Waals surface area contributed by atoms with Gasteiger partial charge >= 0.3 is 0 Å². The van der Waals surface area contributed by atoms with E-state index in [0.717, 1.165) is 47.4 Å². The first kappa shape index (κ1) is 14.9. The first-order valence-electron chi connectivity index (χ1n) is 6.50. The number of hydrogen-bond acceptors (Lipinski definition) is 6. The average Bonchev–Trinajstić information content (AvgIpc) is 2.96. The molecule has 0 amide bonds. The van der Waals surface area contributed by atoms with Gasteiger partial charge in [-0.25, -0.2) is 0 Å². The molecule has 1 aromatic heterocycles. The zero-order valence-corrected chi connectivity index (χ0v) is 12.6. The first-order valence-corrected chi connectivity index (χ1v) is 7.31. The molecule has 6 heteroatoms. The van der Waals surface area contributed by atoms with Crippen molar-refractivity contribution in [3.63, 3.8) is 0 Å². The minimum Gasteiger partial charge on any atom is -0.497 e. The third-order valence-corrected chi connectivity index (χ3v) is 3.81. The molecule has 0 saturated carbocycles. The minimum absolute atomic E-state index is 0.727. The van der Waals surface area contributed by atoms with E-state index in [4.69, 9.17) is 9.47 Å². The quantitative estimate of drug-likeness (QED) is 0.754. The molecule has 1 N–H and O–H groups in total. The lowest BCUT2D eigenvalue weighted by molar-refractivity contribution is 0.199. The van der Waals surface area contributed by atoms with Crippen LogP contribution in [0, 0.1) is 0 Å². The molecule has 0 fully saturated rings. The minimum atomic E-state index is 0.727. The Hall–Kier alpha value is -1.50. The highest BCUT2D eigenvalue weighted by atomic mass is 32.1. The highest BCUT2D eigenvalue weighted by Crippen LogP contribution is 2.26. The van der Waals surface area contributed by atoms with Crippen LogP contribution in [0.3, 0.4) is 0 Å². The van der Waals surface area contributed by atoms with Crippen molar-refractivity contribution >= 4 is 11.3 Å². The van der Waals surface area contributed by atoms with E-state index in [0.29, 0.717) is 0 Å². The van der Waals surface area contributed by atoms with Crippen molar-refractivity contribution < 1.29 is 9.47 Å². The van der Waals surface area contributed by atoms with Crippen molar-refractivity contribution in [1.82, 2.24) is 15.5 Å². The molecule has 108 valence electrons. The van der Waals surface area contributed by atoms with Crippen molar-refractivity contribution in [1.29, 1.82) is 0 Å². The zero-order chi connectivity index (χ0) is 14.2. The van der Waals surface area contributed by atoms with Gasteiger partial charge < -0.3 is 14.8 Å². The Morgan fingerprint density at radius 1 is 1.20 bits per heavy atom. The summed E-state index contributed by atoms with van der Waals surface area (Å²) in [4.78, 5) is 0. The first-order chi connectivity index (χ1) is 9.83. The fourth-order valence-corrected chi connectivity index (χ4v) is 2.56. The van der Waals surface area contributed by atoms with Crippen molar-refractivity contribution in [2.75, 3.05) is 33.9 Å². The highest BCUT2D eigenvalue weighted by molar-refractivity contribution is 7.14. The topological polar surface area (TPSA) is 56.3 Å². The smallest absolute Gasteiger partial charge is 0.147 e. The summed E-state index contributed by atoms with van der Waals surface area (Å²) in [7, 11) is 3.36. The van der Waals surface area contributed by atoms with Crippen LogP contribution in [-0.2, 0) is 11.2 Å². The van der Waals surface area contributed by atoms with Gasteiger partial charge in [0.25, 0.3) is 0 Å². The van der Waals surface area contributed by atoms with Gasteiger partial charge in [0.2, 0.25) is 0 Å². The van der Waals surface area contributed by atoms with E-state index in [9.17, 15) is 0 Å². The van der Waals surface area contributed by atoms with Crippen molar-refractivity contribution in [3.8, 4) is 16.3 Å². The van der Waals surface area contributed by atoms with E-state index >= 15 is 0 Å². The van der Waals surface area contributed by atoms with E-state index in [-0.39, 0.29) is 0 Å². The average molecular weight is 293 g/mol. The van der Waals surface area contributed by atoms with Crippen molar-refractivity contribution in [2.45, 2.75) is 6.42 Å². The SMILES string of the molecule is COCCNCCc1nnc(-c2cccc(OC)c2)s1. The largest absolute Gasteiger partial charge is 0.497 e. The Kier molecular flexibility index (Phi) is 5.91. The molecule has 1 aromatic carbocycles. The second-order valence-corrected chi connectivity index (χ2v) is 5.29. The molecule has 5 nitrogen and oxygen atoms in total. The Morgan fingerprint density at radius 3 is 2.90 bits per heavy atom. The van der Waals surface area contributed by atoms with Crippen LogP contribution in [0.1, 0.15) is 5.01 Å². The molecule has 1 heterocycles. The predicted molar refractivity (Wildman–Crippen MR) is 80.3 cm³/mol. The molecule has 0 spiro atoms. The van der Waals surface area contributed by atoms with Crippen molar-refractivity contribution in [2.24, 2.45) is 0 Å². The van der Waals surface area contributed by atoms with Crippen LogP contribution >= 0.6 is 11.3 Å². The number of rotatable bonds is 8. The van der Waals surface area contributed by atoms with Gasteiger partial charge in [-0.2, -0.15) is 0 Å². The lowest BCUT2D eigenvalue weighted by Gasteiger charge is -2.01. The third kappa shape index (κ3) is 4.26. The van der Waals surface area contributed by atoms with E-state index in [1.807, 2.05) is 24.3 Å². The summed E-state index contributed by atoms with van der Waals surface area (Å²) < 4.78 is 10.2. The molecule has 2 rings (SSSR count). The number of hydrogen-bond donors (Lipinski definition) is 1. The molecule has 0 radical (unpaired) electrons. The molecule has 0 unspecified atom stereocenters. The molecule has 0 aliphatic carbocycles. The zero-order valence-electron chi connectivity index (χ0n) is 11.8. The van der Waals surface area contributed by atoms with Crippen LogP contribution in [0.15, 0.2) is 24.3 Å². The highest BCUT2D eigenvalue weighted by Gasteiger charge is 2.07. The van der Waals surface area contributed by atoms with Crippen LogP contribution in [0.5, 0.6) is 5.75 Å². The molecule has 2 aromatic rings. The third-order valence-electron chi connectivity index (χ3n) is 2.78. The summed E-state index contributed by atoms with van der Waals surface area (Å²) in [5, 5.41) is 13.7. The Morgan fingerprint density at radius 2 is 2.10 bits per heavy atom. The van der Waals surface area contributed by atoms with Crippen LogP contribution < -0.4 is 10.1 Å². The number of benzene rings is 1. The summed E-state index contributed by atoms with van der Waals surface area (Å²) in [6, 6.07) is 7.87. The number of nitrogens with one attached hydrogen (secondary N) is 1. The lowest BCUT2D eigenvalue weighted by Crippen LogP contribution is -2.21. The number of nitrogens with zero attached hydrogens (tertiary/aromatic N) is 2. The molecule has 0 aliphatic rings. The van der Waals surface area contributed by atoms with Gasteiger partial charge in [-0.1, -0.05) is 23.5 Å². The van der Waals surface area contributed by atoms with E-state index in [1.54, 1.807) is 25.6 Å². The monoisotopic (exact) mass is 293 g/mol. The van der Waals surface area contributed by atoms with Crippen LogP contribution in [0.4, 0.5) is 0 Å². The predicted octanol–water partition coefficient (Wildman–Crippen LogP) is 1.99. The van der Waals surface area contributed by atoms with Gasteiger partial charge in [-0.15, -0.1) is 10.2 Å². The molecular weight excluding hydrogens is 274 g/mol. The molecule has 20 heavy (non-hydrogen) atoms. The number of methoxy groups -OCH3 is 2.